The van der Waals surface area contributed by atoms with E-state index < -0.39 is 12.1 Å². The Morgan fingerprint density at radius 2 is 2.15 bits per heavy atom. The van der Waals surface area contributed by atoms with Crippen molar-refractivity contribution in [3.63, 3.8) is 0 Å². The second-order valence-electron chi connectivity index (χ2n) is 5.08. The van der Waals surface area contributed by atoms with Crippen molar-refractivity contribution < 1.29 is 15.0 Å². The molecule has 0 amide bonds. The van der Waals surface area contributed by atoms with Crippen LogP contribution in [0.4, 0.5) is 5.69 Å². The first-order valence-electron chi connectivity index (χ1n) is 6.71. The monoisotopic (exact) mass is 272 g/mol. The molecule has 20 heavy (non-hydrogen) atoms. The lowest BCUT2D eigenvalue weighted by Crippen LogP contribution is -2.39. The Morgan fingerprint density at radius 1 is 1.35 bits per heavy atom. The summed E-state index contributed by atoms with van der Waals surface area (Å²) in [5.41, 5.74) is 1.63. The number of piperidine rings is 1. The average molecular weight is 272 g/mol. The molecule has 0 saturated carbocycles. The van der Waals surface area contributed by atoms with Crippen molar-refractivity contribution in [3.8, 4) is 0 Å². The van der Waals surface area contributed by atoms with Gasteiger partial charge in [0.05, 0.1) is 17.3 Å². The zero-order chi connectivity index (χ0) is 14.1. The number of fused-ring (bicyclic) bond motifs is 1. The number of carboxylic acids is 1. The molecular formula is C15H16N2O3. The van der Waals surface area contributed by atoms with Gasteiger partial charge < -0.3 is 15.1 Å². The fourth-order valence-electron chi connectivity index (χ4n) is 2.78. The fraction of sp³-hybridized carbons (Fsp3) is 0.333. The summed E-state index contributed by atoms with van der Waals surface area (Å²) in [4.78, 5) is 17.6. The Labute approximate surface area is 116 Å². The number of carboxylic acid groups (broad SMARTS) is 1. The predicted octanol–water partition coefficient (Wildman–Crippen LogP) is 1.89. The van der Waals surface area contributed by atoms with Crippen molar-refractivity contribution in [1.29, 1.82) is 0 Å². The van der Waals surface area contributed by atoms with Crippen LogP contribution in [0.15, 0.2) is 30.5 Å². The molecule has 0 spiro atoms. The maximum absolute atomic E-state index is 11.5. The van der Waals surface area contributed by atoms with E-state index in [-0.39, 0.29) is 5.56 Å². The predicted molar refractivity (Wildman–Crippen MR) is 76.2 cm³/mol. The highest BCUT2D eigenvalue weighted by Crippen LogP contribution is 2.31. The SMILES string of the molecule is O=C(O)c1cnc2ccccc2c1N1CCCC(O)C1. The molecule has 1 unspecified atom stereocenters. The van der Waals surface area contributed by atoms with Crippen LogP contribution in [0, 0.1) is 0 Å². The van der Waals surface area contributed by atoms with E-state index in [1.807, 2.05) is 29.2 Å². The van der Waals surface area contributed by atoms with Gasteiger partial charge in [0.15, 0.2) is 0 Å². The van der Waals surface area contributed by atoms with Gasteiger partial charge in [-0.2, -0.15) is 0 Å². The number of pyridine rings is 1. The summed E-state index contributed by atoms with van der Waals surface area (Å²) >= 11 is 0. The highest BCUT2D eigenvalue weighted by molar-refractivity contribution is 6.04. The van der Waals surface area contributed by atoms with E-state index in [0.717, 1.165) is 30.3 Å². The van der Waals surface area contributed by atoms with E-state index in [4.69, 9.17) is 0 Å². The maximum atomic E-state index is 11.5. The molecule has 0 aliphatic carbocycles. The van der Waals surface area contributed by atoms with Gasteiger partial charge in [-0.15, -0.1) is 0 Å². The Hall–Kier alpha value is -2.14. The minimum atomic E-state index is -0.988. The molecule has 0 bridgehead atoms. The number of para-hydroxylation sites is 1. The molecule has 2 aromatic rings. The number of benzene rings is 1. The summed E-state index contributed by atoms with van der Waals surface area (Å²) in [6.45, 7) is 1.22. The number of β-amino-alcohol motifs (C(OH)–C–C–N with tert-alkyl or cyclic N) is 1. The second-order valence-corrected chi connectivity index (χ2v) is 5.08. The van der Waals surface area contributed by atoms with E-state index in [0.29, 0.717) is 12.2 Å². The van der Waals surface area contributed by atoms with E-state index >= 15 is 0 Å². The first-order chi connectivity index (χ1) is 9.66. The van der Waals surface area contributed by atoms with Crippen LogP contribution < -0.4 is 4.90 Å². The molecule has 5 heteroatoms. The number of rotatable bonds is 2. The largest absolute Gasteiger partial charge is 0.478 e. The number of aliphatic hydroxyl groups is 1. The third kappa shape index (κ3) is 2.20. The average Bonchev–Trinajstić information content (AvgIpc) is 2.46. The van der Waals surface area contributed by atoms with Crippen molar-refractivity contribution >= 4 is 22.6 Å². The number of anilines is 1. The zero-order valence-corrected chi connectivity index (χ0v) is 11.0. The molecule has 1 aromatic carbocycles. The van der Waals surface area contributed by atoms with Crippen LogP contribution >= 0.6 is 0 Å². The fourth-order valence-corrected chi connectivity index (χ4v) is 2.78. The highest BCUT2D eigenvalue weighted by atomic mass is 16.4. The normalized spacial score (nSPS) is 19.2. The Morgan fingerprint density at radius 3 is 2.90 bits per heavy atom. The van der Waals surface area contributed by atoms with Gasteiger partial charge in [-0.05, 0) is 18.9 Å². The van der Waals surface area contributed by atoms with Crippen molar-refractivity contribution in [2.75, 3.05) is 18.0 Å². The molecule has 5 nitrogen and oxygen atoms in total. The summed E-state index contributed by atoms with van der Waals surface area (Å²) in [5.74, 6) is -0.988. The van der Waals surface area contributed by atoms with Gasteiger partial charge in [0, 0.05) is 24.7 Å². The minimum absolute atomic E-state index is 0.192. The van der Waals surface area contributed by atoms with Crippen LogP contribution in [0.25, 0.3) is 10.9 Å². The third-order valence-corrected chi connectivity index (χ3v) is 3.69. The number of nitrogens with zero attached hydrogens (tertiary/aromatic N) is 2. The number of aromatic carboxylic acids is 1. The summed E-state index contributed by atoms with van der Waals surface area (Å²) in [5, 5.41) is 20.1. The van der Waals surface area contributed by atoms with Crippen LogP contribution in [0.5, 0.6) is 0 Å². The number of carbonyl (C=O) groups is 1. The summed E-state index contributed by atoms with van der Waals surface area (Å²) in [7, 11) is 0. The van der Waals surface area contributed by atoms with Crippen molar-refractivity contribution in [2.24, 2.45) is 0 Å². The highest BCUT2D eigenvalue weighted by Gasteiger charge is 2.24. The molecule has 1 saturated heterocycles. The number of aromatic nitrogens is 1. The van der Waals surface area contributed by atoms with Crippen LogP contribution in [0.1, 0.15) is 23.2 Å². The van der Waals surface area contributed by atoms with Crippen LogP contribution in [-0.4, -0.2) is 40.4 Å². The molecule has 1 aromatic heterocycles. The lowest BCUT2D eigenvalue weighted by atomic mass is 10.0. The van der Waals surface area contributed by atoms with Crippen LogP contribution in [-0.2, 0) is 0 Å². The lowest BCUT2D eigenvalue weighted by molar-refractivity contribution is 0.0696. The molecule has 104 valence electrons. The quantitative estimate of drug-likeness (QED) is 0.873. The molecule has 1 fully saturated rings. The Balaban J connectivity index is 2.19. The van der Waals surface area contributed by atoms with Gasteiger partial charge in [0.1, 0.15) is 5.56 Å². The first-order valence-corrected chi connectivity index (χ1v) is 6.71. The molecule has 1 atom stereocenters. The number of hydrogen-bond donors (Lipinski definition) is 2. The molecule has 1 aliphatic heterocycles. The van der Waals surface area contributed by atoms with Gasteiger partial charge in [-0.25, -0.2) is 4.79 Å². The summed E-state index contributed by atoms with van der Waals surface area (Å²) < 4.78 is 0. The molecular weight excluding hydrogens is 256 g/mol. The van der Waals surface area contributed by atoms with Gasteiger partial charge in [-0.1, -0.05) is 18.2 Å². The smallest absolute Gasteiger partial charge is 0.339 e. The standard InChI is InChI=1S/C15H16N2O3/c18-10-4-3-7-17(9-10)14-11-5-1-2-6-13(11)16-8-12(14)15(19)20/h1-2,5-6,8,10,18H,3-4,7,9H2,(H,19,20). The van der Waals surface area contributed by atoms with Gasteiger partial charge in [-0.3, -0.25) is 4.98 Å². The van der Waals surface area contributed by atoms with Gasteiger partial charge in [0.25, 0.3) is 0 Å². The molecule has 3 rings (SSSR count). The summed E-state index contributed by atoms with van der Waals surface area (Å²) in [6, 6.07) is 7.50. The Kier molecular flexibility index (Phi) is 3.28. The Bertz CT molecular complexity index is 657. The number of aliphatic hydroxyl groups excluding tert-OH is 1. The van der Waals surface area contributed by atoms with Crippen molar-refractivity contribution in [2.45, 2.75) is 18.9 Å². The lowest BCUT2D eigenvalue weighted by Gasteiger charge is -2.33. The van der Waals surface area contributed by atoms with E-state index in [2.05, 4.69) is 4.98 Å². The van der Waals surface area contributed by atoms with Gasteiger partial charge >= 0.3 is 5.97 Å². The van der Waals surface area contributed by atoms with E-state index in [9.17, 15) is 15.0 Å². The molecule has 1 aliphatic rings. The summed E-state index contributed by atoms with van der Waals surface area (Å²) in [6.07, 6.45) is 2.62. The van der Waals surface area contributed by atoms with Gasteiger partial charge in [0.2, 0.25) is 0 Å². The van der Waals surface area contributed by atoms with E-state index in [1.165, 1.54) is 6.20 Å². The molecule has 0 radical (unpaired) electrons. The first kappa shape index (κ1) is 12.9. The number of hydrogen-bond acceptors (Lipinski definition) is 4. The van der Waals surface area contributed by atoms with Crippen LogP contribution in [0.3, 0.4) is 0 Å². The topological polar surface area (TPSA) is 73.7 Å². The maximum Gasteiger partial charge on any atom is 0.339 e. The van der Waals surface area contributed by atoms with Crippen molar-refractivity contribution in [1.82, 2.24) is 4.98 Å². The molecule has 2 heterocycles. The van der Waals surface area contributed by atoms with E-state index in [1.54, 1.807) is 0 Å². The zero-order valence-electron chi connectivity index (χ0n) is 11.0. The minimum Gasteiger partial charge on any atom is -0.478 e. The molecule has 2 N–H and O–H groups in total. The third-order valence-electron chi connectivity index (χ3n) is 3.69. The van der Waals surface area contributed by atoms with Crippen LogP contribution in [0.2, 0.25) is 0 Å². The van der Waals surface area contributed by atoms with Crippen molar-refractivity contribution in [3.05, 3.63) is 36.0 Å². The second kappa shape index (κ2) is 5.09.